The first kappa shape index (κ1) is 15.0. The second-order valence-electron chi connectivity index (χ2n) is 6.11. The van der Waals surface area contributed by atoms with Crippen molar-refractivity contribution in [3.8, 4) is 17.2 Å². The van der Waals surface area contributed by atoms with E-state index in [9.17, 15) is 4.79 Å². The molecule has 0 fully saturated rings. The highest BCUT2D eigenvalue weighted by Gasteiger charge is 2.29. The third-order valence-electron chi connectivity index (χ3n) is 4.54. The van der Waals surface area contributed by atoms with Crippen LogP contribution in [0.1, 0.15) is 25.0 Å². The van der Waals surface area contributed by atoms with Gasteiger partial charge in [0.1, 0.15) is 17.2 Å². The van der Waals surface area contributed by atoms with Gasteiger partial charge in [-0.25, -0.2) is 0 Å². The Morgan fingerprint density at radius 1 is 1.08 bits per heavy atom. The summed E-state index contributed by atoms with van der Waals surface area (Å²) in [5.41, 5.74) is 4.71. The topological polar surface area (TPSA) is 38.8 Å². The highest BCUT2D eigenvalue weighted by Crippen LogP contribution is 2.46. The molecule has 0 radical (unpaired) electrons. The molecule has 4 heteroatoms. The molecule has 2 aromatic carbocycles. The van der Waals surface area contributed by atoms with Crippen molar-refractivity contribution in [1.29, 1.82) is 0 Å². The fourth-order valence-corrected chi connectivity index (χ4v) is 3.40. The first-order valence-corrected chi connectivity index (χ1v) is 8.20. The summed E-state index contributed by atoms with van der Waals surface area (Å²) in [5.74, 6) is 1.92. The van der Waals surface area contributed by atoms with Crippen LogP contribution in [0.4, 0.5) is 0 Å². The molecule has 2 aliphatic rings. The SMILES string of the molecule is CCN1CC2=C(C1)c1cc(OC(C)=O)ccc1Oc1ccccc12. The number of para-hydroxylation sites is 1. The lowest BCUT2D eigenvalue weighted by Gasteiger charge is -2.17. The van der Waals surface area contributed by atoms with E-state index in [1.165, 1.54) is 18.1 Å². The van der Waals surface area contributed by atoms with E-state index in [1.54, 1.807) is 6.07 Å². The van der Waals surface area contributed by atoms with Crippen molar-refractivity contribution in [3.63, 3.8) is 0 Å². The molecule has 0 saturated carbocycles. The minimum Gasteiger partial charge on any atom is -0.456 e. The Balaban J connectivity index is 1.89. The van der Waals surface area contributed by atoms with E-state index >= 15 is 0 Å². The van der Waals surface area contributed by atoms with Crippen LogP contribution in [-0.2, 0) is 4.79 Å². The molecule has 2 aliphatic heterocycles. The van der Waals surface area contributed by atoms with Gasteiger partial charge in [-0.05, 0) is 42.0 Å². The Kier molecular flexibility index (Phi) is 3.62. The quantitative estimate of drug-likeness (QED) is 0.620. The Morgan fingerprint density at radius 2 is 1.79 bits per heavy atom. The molecule has 2 heterocycles. The summed E-state index contributed by atoms with van der Waals surface area (Å²) in [5, 5.41) is 0. The molecule has 0 unspecified atom stereocenters. The zero-order valence-corrected chi connectivity index (χ0v) is 13.8. The zero-order chi connectivity index (χ0) is 16.7. The van der Waals surface area contributed by atoms with Gasteiger partial charge in [0, 0.05) is 31.1 Å². The zero-order valence-electron chi connectivity index (χ0n) is 13.8. The third-order valence-corrected chi connectivity index (χ3v) is 4.54. The van der Waals surface area contributed by atoms with Gasteiger partial charge in [-0.15, -0.1) is 0 Å². The smallest absolute Gasteiger partial charge is 0.308 e. The lowest BCUT2D eigenvalue weighted by molar-refractivity contribution is -0.131. The molecule has 24 heavy (non-hydrogen) atoms. The van der Waals surface area contributed by atoms with Crippen LogP contribution in [0.5, 0.6) is 17.2 Å². The summed E-state index contributed by atoms with van der Waals surface area (Å²) in [4.78, 5) is 13.7. The Bertz CT molecular complexity index is 854. The van der Waals surface area contributed by atoms with Crippen molar-refractivity contribution in [2.24, 2.45) is 0 Å². The summed E-state index contributed by atoms with van der Waals surface area (Å²) in [6.07, 6.45) is 0. The van der Waals surface area contributed by atoms with Gasteiger partial charge < -0.3 is 9.47 Å². The maximum absolute atomic E-state index is 11.3. The number of hydrogen-bond donors (Lipinski definition) is 0. The van der Waals surface area contributed by atoms with Crippen molar-refractivity contribution in [3.05, 3.63) is 53.6 Å². The average Bonchev–Trinajstić information content (AvgIpc) is 2.95. The molecule has 0 amide bonds. The third kappa shape index (κ3) is 2.49. The molecule has 2 aromatic rings. The van der Waals surface area contributed by atoms with E-state index in [0.29, 0.717) is 5.75 Å². The van der Waals surface area contributed by atoms with Gasteiger partial charge in [-0.1, -0.05) is 25.1 Å². The molecule has 0 aromatic heterocycles. The van der Waals surface area contributed by atoms with Crippen molar-refractivity contribution in [2.75, 3.05) is 19.6 Å². The summed E-state index contributed by atoms with van der Waals surface area (Å²) in [6.45, 7) is 6.36. The fraction of sp³-hybridized carbons (Fsp3) is 0.250. The first-order valence-electron chi connectivity index (χ1n) is 8.20. The van der Waals surface area contributed by atoms with Gasteiger partial charge >= 0.3 is 5.97 Å². The van der Waals surface area contributed by atoms with Crippen LogP contribution < -0.4 is 9.47 Å². The minimum atomic E-state index is -0.316. The lowest BCUT2D eigenvalue weighted by atomic mass is 9.97. The predicted octanol–water partition coefficient (Wildman–Crippen LogP) is 3.96. The van der Waals surface area contributed by atoms with Crippen molar-refractivity contribution in [1.82, 2.24) is 4.90 Å². The highest BCUT2D eigenvalue weighted by molar-refractivity contribution is 5.98. The van der Waals surface area contributed by atoms with Crippen molar-refractivity contribution >= 4 is 17.1 Å². The fourth-order valence-electron chi connectivity index (χ4n) is 3.40. The van der Waals surface area contributed by atoms with Crippen LogP contribution in [0, 0.1) is 0 Å². The molecule has 0 atom stereocenters. The molecule has 122 valence electrons. The Hall–Kier alpha value is -2.59. The molecule has 4 nitrogen and oxygen atoms in total. The minimum absolute atomic E-state index is 0.316. The van der Waals surface area contributed by atoms with Gasteiger partial charge in [0.25, 0.3) is 0 Å². The first-order chi connectivity index (χ1) is 11.7. The molecule has 0 spiro atoms. The van der Waals surface area contributed by atoms with Gasteiger partial charge in [-0.2, -0.15) is 0 Å². The second kappa shape index (κ2) is 5.80. The molecule has 0 aliphatic carbocycles. The molecular formula is C20H19NO3. The van der Waals surface area contributed by atoms with Gasteiger partial charge in [-0.3, -0.25) is 9.69 Å². The van der Waals surface area contributed by atoms with E-state index < -0.39 is 0 Å². The van der Waals surface area contributed by atoms with Crippen LogP contribution in [0.3, 0.4) is 0 Å². The predicted molar refractivity (Wildman–Crippen MR) is 93.2 cm³/mol. The number of fused-ring (bicyclic) bond motifs is 4. The molecule has 0 N–H and O–H groups in total. The maximum atomic E-state index is 11.3. The Morgan fingerprint density at radius 3 is 2.54 bits per heavy atom. The number of ether oxygens (including phenoxy) is 2. The number of esters is 1. The Labute approximate surface area is 141 Å². The summed E-state index contributed by atoms with van der Waals surface area (Å²) in [7, 11) is 0. The number of rotatable bonds is 2. The van der Waals surface area contributed by atoms with Gasteiger partial charge in [0.15, 0.2) is 0 Å². The van der Waals surface area contributed by atoms with Crippen LogP contribution in [0.25, 0.3) is 11.1 Å². The molecular weight excluding hydrogens is 302 g/mol. The molecule has 0 saturated heterocycles. The normalized spacial score (nSPS) is 15.9. The number of carbonyl (C=O) groups excluding carboxylic acids is 1. The van der Waals surface area contributed by atoms with E-state index in [2.05, 4.69) is 17.9 Å². The monoisotopic (exact) mass is 321 g/mol. The number of nitrogens with zero attached hydrogens (tertiary/aromatic N) is 1. The van der Waals surface area contributed by atoms with E-state index in [0.717, 1.165) is 42.3 Å². The van der Waals surface area contributed by atoms with Crippen LogP contribution in [-0.4, -0.2) is 30.5 Å². The summed E-state index contributed by atoms with van der Waals surface area (Å²) in [6, 6.07) is 13.7. The van der Waals surface area contributed by atoms with Crippen LogP contribution >= 0.6 is 0 Å². The number of carbonyl (C=O) groups is 1. The van der Waals surface area contributed by atoms with E-state index in [4.69, 9.17) is 9.47 Å². The van der Waals surface area contributed by atoms with Gasteiger partial charge in [0.2, 0.25) is 0 Å². The van der Waals surface area contributed by atoms with Crippen LogP contribution in [0.2, 0.25) is 0 Å². The molecule has 0 bridgehead atoms. The van der Waals surface area contributed by atoms with Gasteiger partial charge in [0.05, 0.1) is 0 Å². The van der Waals surface area contributed by atoms with Crippen LogP contribution in [0.15, 0.2) is 42.5 Å². The maximum Gasteiger partial charge on any atom is 0.308 e. The summed E-state index contributed by atoms with van der Waals surface area (Å²) >= 11 is 0. The number of hydrogen-bond acceptors (Lipinski definition) is 4. The average molecular weight is 321 g/mol. The van der Waals surface area contributed by atoms with Crippen molar-refractivity contribution < 1.29 is 14.3 Å². The number of likely N-dealkylation sites (N-methyl/N-ethyl adjacent to an activating group) is 1. The van der Waals surface area contributed by atoms with Crippen molar-refractivity contribution in [2.45, 2.75) is 13.8 Å². The van der Waals surface area contributed by atoms with E-state index in [1.807, 2.05) is 30.3 Å². The lowest BCUT2D eigenvalue weighted by Crippen LogP contribution is -2.20. The standard InChI is InChI=1S/C20H19NO3/c1-3-21-11-17-15-6-4-5-7-19(15)24-20-9-8-14(23-13(2)22)10-16(20)18(17)12-21/h4-10H,3,11-12H2,1-2H3. The van der Waals surface area contributed by atoms with E-state index in [-0.39, 0.29) is 5.97 Å². The highest BCUT2D eigenvalue weighted by atomic mass is 16.5. The number of benzene rings is 2. The molecule has 4 rings (SSSR count). The summed E-state index contributed by atoms with van der Waals surface area (Å²) < 4.78 is 11.4. The largest absolute Gasteiger partial charge is 0.456 e. The second-order valence-corrected chi connectivity index (χ2v) is 6.11.